The molecule has 1 nitrogen and oxygen atoms in total. The summed E-state index contributed by atoms with van der Waals surface area (Å²) in [6, 6.07) is 6.74. The molecular weight excluding hydrogens is 244 g/mol. The molecule has 0 atom stereocenters. The van der Waals surface area contributed by atoms with E-state index >= 15 is 0 Å². The minimum atomic E-state index is -0.428. The average Bonchev–Trinajstić information content (AvgIpc) is 2.45. The maximum absolute atomic E-state index is 13.6. The van der Waals surface area contributed by atoms with Crippen LogP contribution in [0.3, 0.4) is 0 Å². The van der Waals surface area contributed by atoms with Crippen LogP contribution in [0.4, 0.5) is 8.78 Å². The largest absolute Gasteiger partial charge is 0.216 e. The number of rotatable bonds is 3. The Kier molecular flexibility index (Phi) is 4.68. The average molecular weight is 261 g/mol. The predicted octanol–water partition coefficient (Wildman–Crippen LogP) is 4.84. The summed E-state index contributed by atoms with van der Waals surface area (Å²) < 4.78 is 25.5. The summed E-state index contributed by atoms with van der Waals surface area (Å²) in [5.74, 6) is 0.488. The number of hydrogen-bond donors (Lipinski definition) is 0. The first-order valence-corrected chi connectivity index (χ1v) is 6.69. The molecule has 19 heavy (non-hydrogen) atoms. The summed E-state index contributed by atoms with van der Waals surface area (Å²) in [5.41, 5.74) is 1.08. The van der Waals surface area contributed by atoms with Crippen LogP contribution >= 0.6 is 0 Å². The van der Waals surface area contributed by atoms with Gasteiger partial charge in [0.15, 0.2) is 0 Å². The van der Waals surface area contributed by atoms with E-state index in [0.717, 1.165) is 37.7 Å². The first-order chi connectivity index (χ1) is 9.24. The second kappa shape index (κ2) is 6.47. The van der Waals surface area contributed by atoms with E-state index in [2.05, 4.69) is 0 Å². The molecule has 100 valence electrons. The highest BCUT2D eigenvalue weighted by molar-refractivity contribution is 5.34. The van der Waals surface area contributed by atoms with Crippen molar-refractivity contribution in [3.05, 3.63) is 47.5 Å². The van der Waals surface area contributed by atoms with Crippen molar-refractivity contribution < 1.29 is 8.78 Å². The molecule has 0 unspecified atom stereocenters. The summed E-state index contributed by atoms with van der Waals surface area (Å²) >= 11 is 0. The predicted molar refractivity (Wildman–Crippen MR) is 70.7 cm³/mol. The van der Waals surface area contributed by atoms with Gasteiger partial charge in [-0.05, 0) is 61.6 Å². The maximum atomic E-state index is 13.6. The van der Waals surface area contributed by atoms with Gasteiger partial charge < -0.3 is 0 Å². The first-order valence-electron chi connectivity index (χ1n) is 6.69. The van der Waals surface area contributed by atoms with Crippen molar-refractivity contribution in [2.45, 2.75) is 38.0 Å². The van der Waals surface area contributed by atoms with E-state index in [4.69, 9.17) is 5.26 Å². The first kappa shape index (κ1) is 13.7. The second-order valence-electron chi connectivity index (χ2n) is 5.17. The van der Waals surface area contributed by atoms with Crippen molar-refractivity contribution in [3.63, 3.8) is 0 Å². The Labute approximate surface area is 112 Å². The molecule has 1 aliphatic carbocycles. The fraction of sp³-hybridized carbons (Fsp3) is 0.438. The van der Waals surface area contributed by atoms with Crippen LogP contribution in [0.2, 0.25) is 0 Å². The minimum absolute atomic E-state index is 0.102. The fourth-order valence-corrected chi connectivity index (χ4v) is 2.85. The monoisotopic (exact) mass is 261 g/mol. The Hall–Kier alpha value is -1.69. The Bertz CT molecular complexity index is 494. The molecule has 0 saturated heterocycles. The van der Waals surface area contributed by atoms with Crippen molar-refractivity contribution in [2.24, 2.45) is 5.92 Å². The zero-order valence-corrected chi connectivity index (χ0v) is 10.8. The molecular formula is C16H17F2N. The lowest BCUT2D eigenvalue weighted by Gasteiger charge is -2.28. The van der Waals surface area contributed by atoms with Crippen molar-refractivity contribution in [1.82, 2.24) is 0 Å². The number of nitriles is 1. The van der Waals surface area contributed by atoms with Crippen LogP contribution in [0.25, 0.3) is 0 Å². The highest BCUT2D eigenvalue weighted by atomic mass is 19.1. The van der Waals surface area contributed by atoms with Gasteiger partial charge >= 0.3 is 0 Å². The molecule has 1 aromatic rings. The topological polar surface area (TPSA) is 23.8 Å². The highest BCUT2D eigenvalue weighted by Gasteiger charge is 2.22. The molecule has 0 radical (unpaired) electrons. The van der Waals surface area contributed by atoms with Crippen molar-refractivity contribution in [2.75, 3.05) is 0 Å². The third kappa shape index (κ3) is 3.41. The molecule has 1 saturated carbocycles. The van der Waals surface area contributed by atoms with Crippen LogP contribution in [0.15, 0.2) is 30.6 Å². The summed E-state index contributed by atoms with van der Waals surface area (Å²) in [6.45, 7) is 0. The molecule has 0 bridgehead atoms. The van der Waals surface area contributed by atoms with Gasteiger partial charge in [-0.1, -0.05) is 12.1 Å². The molecule has 0 amide bonds. The molecule has 1 aliphatic rings. The zero-order chi connectivity index (χ0) is 13.7. The van der Waals surface area contributed by atoms with Gasteiger partial charge in [0.2, 0.25) is 0 Å². The SMILES string of the molecule is N#Cc1ccc(C2CCC(C/C=C/F)CC2)cc1F. The smallest absolute Gasteiger partial charge is 0.141 e. The molecule has 1 aromatic carbocycles. The number of allylic oxidation sites excluding steroid dienone is 1. The van der Waals surface area contributed by atoms with Crippen molar-refractivity contribution in [3.8, 4) is 6.07 Å². The van der Waals surface area contributed by atoms with Gasteiger partial charge in [0.25, 0.3) is 0 Å². The number of halogens is 2. The molecule has 0 heterocycles. The summed E-state index contributed by atoms with van der Waals surface area (Å²) in [4.78, 5) is 0. The molecule has 0 aliphatic heterocycles. The summed E-state index contributed by atoms with van der Waals surface area (Å²) in [6.07, 6.45) is 7.11. The van der Waals surface area contributed by atoms with Crippen LogP contribution < -0.4 is 0 Å². The Morgan fingerprint density at radius 1 is 1.26 bits per heavy atom. The Morgan fingerprint density at radius 3 is 2.58 bits per heavy atom. The van der Waals surface area contributed by atoms with Gasteiger partial charge in [-0.15, -0.1) is 0 Å². The van der Waals surface area contributed by atoms with Crippen LogP contribution in [-0.2, 0) is 0 Å². The Morgan fingerprint density at radius 2 is 2.00 bits per heavy atom. The lowest BCUT2D eigenvalue weighted by atomic mass is 9.77. The van der Waals surface area contributed by atoms with Gasteiger partial charge in [-0.25, -0.2) is 8.78 Å². The van der Waals surface area contributed by atoms with E-state index in [1.54, 1.807) is 12.1 Å². The van der Waals surface area contributed by atoms with Gasteiger partial charge in [-0.2, -0.15) is 5.26 Å². The van der Waals surface area contributed by atoms with Gasteiger partial charge in [0.05, 0.1) is 11.9 Å². The standard InChI is InChI=1S/C16H17F2N/c17-9-1-2-12-3-5-13(6-4-12)14-7-8-15(11-19)16(18)10-14/h1,7-10,12-13H,2-6H2/b9-1+. The van der Waals surface area contributed by atoms with E-state index in [0.29, 0.717) is 18.2 Å². The van der Waals surface area contributed by atoms with E-state index < -0.39 is 5.82 Å². The number of nitrogens with zero attached hydrogens (tertiary/aromatic N) is 1. The van der Waals surface area contributed by atoms with E-state index in [9.17, 15) is 8.78 Å². The van der Waals surface area contributed by atoms with Crippen LogP contribution in [0.1, 0.15) is 49.1 Å². The van der Waals surface area contributed by atoms with Gasteiger partial charge in [0, 0.05) is 0 Å². The summed E-state index contributed by atoms with van der Waals surface area (Å²) in [7, 11) is 0. The van der Waals surface area contributed by atoms with E-state index in [1.807, 2.05) is 12.1 Å². The lowest BCUT2D eigenvalue weighted by molar-refractivity contribution is 0.327. The fourth-order valence-electron chi connectivity index (χ4n) is 2.85. The third-order valence-corrected chi connectivity index (χ3v) is 3.99. The highest BCUT2D eigenvalue weighted by Crippen LogP contribution is 2.37. The minimum Gasteiger partial charge on any atom is -0.216 e. The number of hydrogen-bond acceptors (Lipinski definition) is 1. The van der Waals surface area contributed by atoms with Crippen molar-refractivity contribution >= 4 is 0 Å². The quantitative estimate of drug-likeness (QED) is 0.763. The van der Waals surface area contributed by atoms with Crippen LogP contribution in [0.5, 0.6) is 0 Å². The molecule has 3 heteroatoms. The third-order valence-electron chi connectivity index (χ3n) is 3.99. The molecule has 0 N–H and O–H groups in total. The molecule has 1 fully saturated rings. The van der Waals surface area contributed by atoms with E-state index in [-0.39, 0.29) is 5.56 Å². The van der Waals surface area contributed by atoms with Gasteiger partial charge in [-0.3, -0.25) is 0 Å². The van der Waals surface area contributed by atoms with Crippen LogP contribution in [-0.4, -0.2) is 0 Å². The number of benzene rings is 1. The second-order valence-corrected chi connectivity index (χ2v) is 5.17. The van der Waals surface area contributed by atoms with E-state index in [1.165, 1.54) is 6.07 Å². The van der Waals surface area contributed by atoms with Crippen molar-refractivity contribution in [1.29, 1.82) is 5.26 Å². The summed E-state index contributed by atoms with van der Waals surface area (Å²) in [5, 5.41) is 8.71. The Balaban J connectivity index is 1.98. The van der Waals surface area contributed by atoms with Gasteiger partial charge in [0.1, 0.15) is 11.9 Å². The normalized spacial score (nSPS) is 23.4. The maximum Gasteiger partial charge on any atom is 0.141 e. The molecule has 2 rings (SSSR count). The molecule has 0 aromatic heterocycles. The molecule has 0 spiro atoms. The zero-order valence-electron chi connectivity index (χ0n) is 10.8. The lowest BCUT2D eigenvalue weighted by Crippen LogP contribution is -2.13. The van der Waals surface area contributed by atoms with Crippen LogP contribution in [0, 0.1) is 23.1 Å².